The van der Waals surface area contributed by atoms with Gasteiger partial charge in [-0.3, -0.25) is 14.8 Å². The van der Waals surface area contributed by atoms with Crippen molar-refractivity contribution in [1.82, 2.24) is 25.4 Å². The van der Waals surface area contributed by atoms with E-state index in [-0.39, 0.29) is 17.4 Å². The van der Waals surface area contributed by atoms with Crippen LogP contribution in [0.3, 0.4) is 0 Å². The van der Waals surface area contributed by atoms with Crippen molar-refractivity contribution in [3.8, 4) is 0 Å². The van der Waals surface area contributed by atoms with Crippen molar-refractivity contribution in [2.45, 2.75) is 52.7 Å². The lowest BCUT2D eigenvalue weighted by molar-refractivity contribution is -0.0349. The van der Waals surface area contributed by atoms with Crippen LogP contribution in [0.2, 0.25) is 0 Å². The maximum atomic E-state index is 13.0. The Labute approximate surface area is 195 Å². The Kier molecular flexibility index (Phi) is 6.81. The van der Waals surface area contributed by atoms with Gasteiger partial charge in [0.15, 0.2) is 0 Å². The summed E-state index contributed by atoms with van der Waals surface area (Å²) in [6.07, 6.45) is 1.74. The number of hydrogen-bond acceptors (Lipinski definition) is 5. The van der Waals surface area contributed by atoms with Crippen molar-refractivity contribution in [2.75, 3.05) is 26.2 Å². The second-order valence-corrected chi connectivity index (χ2v) is 10.3. The Morgan fingerprint density at radius 3 is 2.85 bits per heavy atom. The first-order valence-electron chi connectivity index (χ1n) is 11.8. The number of nitrogens with zero attached hydrogens (tertiary/aromatic N) is 3. The van der Waals surface area contributed by atoms with E-state index >= 15 is 0 Å². The highest BCUT2D eigenvalue weighted by Crippen LogP contribution is 2.29. The molecule has 1 aliphatic rings. The summed E-state index contributed by atoms with van der Waals surface area (Å²) in [7, 11) is 0. The lowest BCUT2D eigenvalue weighted by Gasteiger charge is -2.33. The zero-order valence-electron chi connectivity index (χ0n) is 20.3. The molecule has 1 saturated heterocycles. The van der Waals surface area contributed by atoms with Crippen LogP contribution in [-0.2, 0) is 16.7 Å². The van der Waals surface area contributed by atoms with Crippen molar-refractivity contribution in [2.24, 2.45) is 5.92 Å². The predicted octanol–water partition coefficient (Wildman–Crippen LogP) is 4.21. The van der Waals surface area contributed by atoms with Crippen LogP contribution in [-0.4, -0.2) is 52.2 Å². The summed E-state index contributed by atoms with van der Waals surface area (Å²) < 4.78 is 6.13. The molecule has 1 atom stereocenters. The van der Waals surface area contributed by atoms with Gasteiger partial charge in [-0.2, -0.15) is 5.10 Å². The van der Waals surface area contributed by atoms with Crippen LogP contribution in [0, 0.1) is 5.92 Å². The Hall–Kier alpha value is -2.77. The summed E-state index contributed by atoms with van der Waals surface area (Å²) in [5.74, 6) is 0.321. The number of nitrogens with one attached hydrogen (secondary N) is 2. The Morgan fingerprint density at radius 2 is 2.09 bits per heavy atom. The molecule has 3 heterocycles. The molecule has 1 fully saturated rings. The number of para-hydroxylation sites is 1. The molecular weight excluding hydrogens is 414 g/mol. The quantitative estimate of drug-likeness (QED) is 0.589. The van der Waals surface area contributed by atoms with E-state index in [0.29, 0.717) is 31.2 Å². The van der Waals surface area contributed by atoms with Crippen molar-refractivity contribution >= 4 is 16.8 Å². The third-order valence-electron chi connectivity index (χ3n) is 5.99. The summed E-state index contributed by atoms with van der Waals surface area (Å²) in [6, 6.07) is 9.72. The molecule has 2 N–H and O–H groups in total. The Balaban J connectivity index is 1.58. The third-order valence-corrected chi connectivity index (χ3v) is 5.99. The number of fused-ring (bicyclic) bond motifs is 1. The summed E-state index contributed by atoms with van der Waals surface area (Å²) in [5.41, 5.74) is 4.66. The van der Waals surface area contributed by atoms with E-state index in [4.69, 9.17) is 9.72 Å². The SMILES string of the molecule is CC(C)CNC(=O)c1cc([C@H]2CN(Cc3cn[nH]c3C(C)(C)C)CCO2)nc2ccccc12. The van der Waals surface area contributed by atoms with E-state index in [9.17, 15) is 4.79 Å². The van der Waals surface area contributed by atoms with E-state index in [1.54, 1.807) is 0 Å². The molecule has 7 nitrogen and oxygen atoms in total. The standard InChI is InChI=1S/C26H35N5O2/c1-17(2)13-27-25(32)20-12-22(29-21-9-7-6-8-19(20)21)23-16-31(10-11-33-23)15-18-14-28-30-24(18)26(3,4)5/h6-9,12,14,17,23H,10-11,13,15-16H2,1-5H3,(H,27,32)(H,28,30)/t23-/m1/s1. The van der Waals surface area contributed by atoms with Gasteiger partial charge in [0.25, 0.3) is 5.91 Å². The van der Waals surface area contributed by atoms with Crippen LogP contribution >= 0.6 is 0 Å². The van der Waals surface area contributed by atoms with Crippen LogP contribution in [0.25, 0.3) is 10.9 Å². The number of carbonyl (C=O) groups excluding carboxylic acids is 1. The molecule has 0 saturated carbocycles. The third kappa shape index (κ3) is 5.42. The van der Waals surface area contributed by atoms with E-state index in [0.717, 1.165) is 29.7 Å². The minimum absolute atomic E-state index is 0.00960. The maximum absolute atomic E-state index is 13.0. The van der Waals surface area contributed by atoms with E-state index in [1.165, 1.54) is 11.3 Å². The second kappa shape index (κ2) is 9.61. The number of aromatic nitrogens is 3. The van der Waals surface area contributed by atoms with Crippen LogP contribution in [0.15, 0.2) is 36.5 Å². The number of ether oxygens (including phenoxy) is 1. The molecule has 0 bridgehead atoms. The fraction of sp³-hybridized carbons (Fsp3) is 0.500. The molecule has 1 aromatic carbocycles. The zero-order valence-corrected chi connectivity index (χ0v) is 20.3. The van der Waals surface area contributed by atoms with Gasteiger partial charge in [-0.1, -0.05) is 52.8 Å². The van der Waals surface area contributed by atoms with Crippen molar-refractivity contribution in [1.29, 1.82) is 0 Å². The monoisotopic (exact) mass is 449 g/mol. The minimum atomic E-state index is -0.190. The lowest BCUT2D eigenvalue weighted by Crippen LogP contribution is -2.38. The van der Waals surface area contributed by atoms with E-state index < -0.39 is 0 Å². The number of carbonyl (C=O) groups is 1. The predicted molar refractivity (Wildman–Crippen MR) is 130 cm³/mol. The average Bonchev–Trinajstić information content (AvgIpc) is 3.25. The minimum Gasteiger partial charge on any atom is -0.369 e. The fourth-order valence-electron chi connectivity index (χ4n) is 4.29. The van der Waals surface area contributed by atoms with Gasteiger partial charge < -0.3 is 10.1 Å². The molecule has 33 heavy (non-hydrogen) atoms. The zero-order chi connectivity index (χ0) is 23.6. The van der Waals surface area contributed by atoms with Gasteiger partial charge in [-0.05, 0) is 18.1 Å². The van der Waals surface area contributed by atoms with Crippen LogP contribution in [0.5, 0.6) is 0 Å². The maximum Gasteiger partial charge on any atom is 0.252 e. The van der Waals surface area contributed by atoms with Crippen molar-refractivity contribution in [3.63, 3.8) is 0 Å². The first kappa shape index (κ1) is 23.4. The number of benzene rings is 1. The molecule has 7 heteroatoms. The van der Waals surface area contributed by atoms with Gasteiger partial charge in [-0.15, -0.1) is 0 Å². The lowest BCUT2D eigenvalue weighted by atomic mass is 9.89. The van der Waals surface area contributed by atoms with Gasteiger partial charge in [-0.25, -0.2) is 4.98 Å². The first-order chi connectivity index (χ1) is 15.7. The highest BCUT2D eigenvalue weighted by atomic mass is 16.5. The number of rotatable bonds is 6. The molecule has 0 spiro atoms. The highest BCUT2D eigenvalue weighted by Gasteiger charge is 2.27. The largest absolute Gasteiger partial charge is 0.369 e. The number of pyridine rings is 1. The van der Waals surface area contributed by atoms with Gasteiger partial charge >= 0.3 is 0 Å². The number of morpholine rings is 1. The smallest absolute Gasteiger partial charge is 0.252 e. The molecule has 1 amide bonds. The van der Waals surface area contributed by atoms with Gasteiger partial charge in [0.2, 0.25) is 0 Å². The molecular formula is C26H35N5O2. The molecule has 1 aliphatic heterocycles. The van der Waals surface area contributed by atoms with Gasteiger partial charge in [0.1, 0.15) is 6.10 Å². The summed E-state index contributed by atoms with van der Waals surface area (Å²) in [6.45, 7) is 14.4. The molecule has 0 aliphatic carbocycles. The highest BCUT2D eigenvalue weighted by molar-refractivity contribution is 6.06. The number of amides is 1. The van der Waals surface area contributed by atoms with Gasteiger partial charge in [0.05, 0.1) is 29.6 Å². The van der Waals surface area contributed by atoms with Crippen LogP contribution in [0.1, 0.15) is 68.0 Å². The van der Waals surface area contributed by atoms with Crippen LogP contribution < -0.4 is 5.32 Å². The summed E-state index contributed by atoms with van der Waals surface area (Å²) in [4.78, 5) is 20.3. The first-order valence-corrected chi connectivity index (χ1v) is 11.8. The molecule has 0 radical (unpaired) electrons. The Morgan fingerprint density at radius 1 is 1.30 bits per heavy atom. The second-order valence-electron chi connectivity index (χ2n) is 10.3. The molecule has 2 aromatic heterocycles. The molecule has 3 aromatic rings. The Bertz CT molecular complexity index is 1120. The fourth-order valence-corrected chi connectivity index (χ4v) is 4.29. The topological polar surface area (TPSA) is 83.1 Å². The van der Waals surface area contributed by atoms with Crippen LogP contribution in [0.4, 0.5) is 0 Å². The molecule has 4 rings (SSSR count). The normalized spacial score (nSPS) is 17.6. The number of hydrogen-bond donors (Lipinski definition) is 2. The van der Waals surface area contributed by atoms with Crippen molar-refractivity contribution in [3.05, 3.63) is 59.0 Å². The molecule has 0 unspecified atom stereocenters. The molecule has 176 valence electrons. The summed E-state index contributed by atoms with van der Waals surface area (Å²) in [5, 5.41) is 11.4. The van der Waals surface area contributed by atoms with Crippen molar-refractivity contribution < 1.29 is 9.53 Å². The summed E-state index contributed by atoms with van der Waals surface area (Å²) >= 11 is 0. The number of H-pyrrole nitrogens is 1. The van der Waals surface area contributed by atoms with Gasteiger partial charge in [0, 0.05) is 48.2 Å². The number of aromatic amines is 1. The van der Waals surface area contributed by atoms with E-state index in [1.807, 2.05) is 36.5 Å². The average molecular weight is 450 g/mol. The van der Waals surface area contributed by atoms with E-state index in [2.05, 4.69) is 55.0 Å².